The SMILES string of the molecule is CC1=C(C)C(C)[C]([Zr]([CH3])([CH3])(=[SiH2])[CH]2C=C(c3c(C)cccc3C)c3ccccc32)=C1C.Cl.Cl. The van der Waals surface area contributed by atoms with Gasteiger partial charge in [0.1, 0.15) is 0 Å². The number of allylic oxidation sites excluding steroid dienone is 5. The number of hydrogen-bond acceptors (Lipinski definition) is 0. The van der Waals surface area contributed by atoms with E-state index in [2.05, 4.69) is 106 Å². The van der Waals surface area contributed by atoms with Gasteiger partial charge in [0.25, 0.3) is 0 Å². The van der Waals surface area contributed by atoms with Gasteiger partial charge in [-0.15, -0.1) is 24.8 Å². The Morgan fingerprint density at radius 3 is 1.88 bits per heavy atom. The summed E-state index contributed by atoms with van der Waals surface area (Å²) in [7, 11) is 0. The summed E-state index contributed by atoms with van der Waals surface area (Å²) in [6.07, 6.45) is 2.67. The first-order valence-electron chi connectivity index (χ1n) is 11.3. The molecular formula is C28H38Cl2SiZr. The Labute approximate surface area is 210 Å². The Kier molecular flexibility index (Phi) is 7.91. The third kappa shape index (κ3) is 4.04. The maximum atomic E-state index is 2.70. The summed E-state index contributed by atoms with van der Waals surface area (Å²) in [5.74, 6) is 0.591. The van der Waals surface area contributed by atoms with Crippen LogP contribution >= 0.6 is 24.8 Å². The first-order chi connectivity index (χ1) is 13.9. The Hall–Kier alpha value is -0.660. The quantitative estimate of drug-likeness (QED) is 0.330. The zero-order chi connectivity index (χ0) is 22.0. The van der Waals surface area contributed by atoms with E-state index in [1.54, 1.807) is 22.3 Å². The van der Waals surface area contributed by atoms with Crippen LogP contribution in [0, 0.1) is 19.8 Å². The van der Waals surface area contributed by atoms with Crippen molar-refractivity contribution in [1.82, 2.24) is 0 Å². The van der Waals surface area contributed by atoms with Crippen molar-refractivity contribution in [1.29, 1.82) is 0 Å². The number of hydrogen-bond donors (Lipinski definition) is 0. The predicted molar refractivity (Wildman–Crippen MR) is 147 cm³/mol. The Morgan fingerprint density at radius 2 is 1.34 bits per heavy atom. The van der Waals surface area contributed by atoms with Crippen molar-refractivity contribution in [2.75, 3.05) is 0 Å². The van der Waals surface area contributed by atoms with Gasteiger partial charge >= 0.3 is 187 Å². The zero-order valence-corrected chi connectivity index (χ0v) is 26.3. The summed E-state index contributed by atoms with van der Waals surface area (Å²) in [4.78, 5) is 0. The molecule has 0 nitrogen and oxygen atoms in total. The van der Waals surface area contributed by atoms with Crippen molar-refractivity contribution >= 4 is 37.3 Å². The van der Waals surface area contributed by atoms with Crippen LogP contribution in [0.4, 0.5) is 0 Å². The van der Waals surface area contributed by atoms with E-state index in [-0.39, 0.29) is 24.8 Å². The van der Waals surface area contributed by atoms with Crippen LogP contribution in [-0.2, 0) is 17.4 Å². The molecule has 2 aromatic carbocycles. The third-order valence-electron chi connectivity index (χ3n) is 8.19. The van der Waals surface area contributed by atoms with Crippen LogP contribution < -0.4 is 0 Å². The Morgan fingerprint density at radius 1 is 0.781 bits per heavy atom. The molecule has 2 atom stereocenters. The average Bonchev–Trinajstić information content (AvgIpc) is 3.15. The molecule has 0 fully saturated rings. The van der Waals surface area contributed by atoms with E-state index in [1.165, 1.54) is 27.8 Å². The van der Waals surface area contributed by atoms with Gasteiger partial charge in [-0.1, -0.05) is 0 Å². The number of aryl methyl sites for hydroxylation is 2. The maximum Gasteiger partial charge on any atom is -0.147 e. The predicted octanol–water partition coefficient (Wildman–Crippen LogP) is 8.23. The zero-order valence-electron chi connectivity index (χ0n) is 20.8. The van der Waals surface area contributed by atoms with E-state index >= 15 is 0 Å². The van der Waals surface area contributed by atoms with Crippen LogP contribution in [0.25, 0.3) is 5.57 Å². The molecule has 2 aliphatic carbocycles. The number of fused-ring (bicyclic) bond motifs is 1. The van der Waals surface area contributed by atoms with Crippen LogP contribution in [0.3, 0.4) is 0 Å². The van der Waals surface area contributed by atoms with E-state index in [4.69, 9.17) is 0 Å². The van der Waals surface area contributed by atoms with E-state index in [9.17, 15) is 0 Å². The van der Waals surface area contributed by atoms with Gasteiger partial charge in [-0.25, -0.2) is 0 Å². The van der Waals surface area contributed by atoms with Crippen LogP contribution in [0.2, 0.25) is 9.26 Å². The van der Waals surface area contributed by atoms with Gasteiger partial charge in [-0.2, -0.15) is 0 Å². The fourth-order valence-electron chi connectivity index (χ4n) is 6.44. The molecule has 0 spiro atoms. The first-order valence-corrected chi connectivity index (χ1v) is 24.8. The average molecular weight is 565 g/mol. The standard InChI is InChI=1S/C17H15.C9H13.2CH3.2ClH.H2Si.Zr/c1-12-6-5-7-13(2)17(12)16-11-10-14-8-3-4-9-15(14)16;1-6-5-7(2)9(4)8(6)3;;;;;;/h3-11H,1-2H3;6H,1-4H3;2*1H3;2*1H;1H2;. The summed E-state index contributed by atoms with van der Waals surface area (Å²) in [5, 5.41) is 0. The van der Waals surface area contributed by atoms with E-state index < -0.39 is 17.4 Å². The molecule has 4 heteroatoms. The van der Waals surface area contributed by atoms with Gasteiger partial charge in [0.15, 0.2) is 0 Å². The topological polar surface area (TPSA) is 0 Å². The molecule has 0 bridgehead atoms. The second kappa shape index (κ2) is 9.18. The van der Waals surface area contributed by atoms with Gasteiger partial charge in [-0.3, -0.25) is 0 Å². The van der Waals surface area contributed by atoms with Gasteiger partial charge in [0.2, 0.25) is 0 Å². The van der Waals surface area contributed by atoms with Gasteiger partial charge in [0.05, 0.1) is 0 Å². The van der Waals surface area contributed by atoms with E-state index in [0.29, 0.717) is 9.54 Å². The molecule has 2 aromatic rings. The Balaban J connectivity index is 0.00000181. The third-order valence-corrected chi connectivity index (χ3v) is 25.5. The number of rotatable bonds is 3. The fourth-order valence-corrected chi connectivity index (χ4v) is 25.0. The van der Waals surface area contributed by atoms with E-state index in [1.807, 2.05) is 3.28 Å². The fraction of sp³-hybridized carbons (Fsp3) is 0.357. The normalized spacial score (nSPS) is 20.6. The summed E-state index contributed by atoms with van der Waals surface area (Å²) in [6.45, 7) is 16.5. The minimum atomic E-state index is -3.33. The summed E-state index contributed by atoms with van der Waals surface area (Å²) < 4.78 is 7.78. The molecule has 0 N–H and O–H groups in total. The number of halogens is 2. The van der Waals surface area contributed by atoms with Gasteiger partial charge in [0, 0.05) is 0 Å². The van der Waals surface area contributed by atoms with Gasteiger partial charge < -0.3 is 0 Å². The van der Waals surface area contributed by atoms with Crippen molar-refractivity contribution < 1.29 is 17.4 Å². The van der Waals surface area contributed by atoms with Crippen molar-refractivity contribution in [3.8, 4) is 0 Å². The van der Waals surface area contributed by atoms with Crippen molar-refractivity contribution in [3.63, 3.8) is 0 Å². The molecule has 4 rings (SSSR count). The largest absolute Gasteiger partial charge is 0.147 e. The van der Waals surface area contributed by atoms with Crippen LogP contribution in [0.15, 0.2) is 68.5 Å². The van der Waals surface area contributed by atoms with Gasteiger partial charge in [-0.05, 0) is 0 Å². The first kappa shape index (κ1) is 27.6. The Bertz CT molecular complexity index is 1220. The van der Waals surface area contributed by atoms with Crippen molar-refractivity contribution in [2.45, 2.75) is 54.4 Å². The molecule has 0 aromatic heterocycles. The molecular weight excluding hydrogens is 527 g/mol. The monoisotopic (exact) mass is 562 g/mol. The molecule has 0 heterocycles. The molecule has 0 aliphatic heterocycles. The molecule has 0 radical (unpaired) electrons. The minimum Gasteiger partial charge on any atom is -0.147 e. The summed E-state index contributed by atoms with van der Waals surface area (Å²) in [6, 6.07) is 15.9. The second-order valence-corrected chi connectivity index (χ2v) is 40.3. The summed E-state index contributed by atoms with van der Waals surface area (Å²) >= 11 is -3.33. The second-order valence-electron chi connectivity index (χ2n) is 10.8. The number of benzene rings is 2. The summed E-state index contributed by atoms with van der Waals surface area (Å²) in [5.41, 5.74) is 13.4. The molecule has 0 saturated carbocycles. The molecule has 2 aliphatic rings. The van der Waals surface area contributed by atoms with Crippen LogP contribution in [0.5, 0.6) is 0 Å². The van der Waals surface area contributed by atoms with E-state index in [0.717, 1.165) is 0 Å². The smallest absolute Gasteiger partial charge is 0.147 e. The van der Waals surface area contributed by atoms with Crippen molar-refractivity contribution in [3.05, 3.63) is 96.4 Å². The molecule has 2 unspecified atom stereocenters. The maximum absolute atomic E-state index is 3.33. The molecule has 0 saturated heterocycles. The molecule has 32 heavy (non-hydrogen) atoms. The van der Waals surface area contributed by atoms with Crippen LogP contribution in [-0.4, -0.2) is 6.88 Å². The molecule has 0 amide bonds. The minimum absolute atomic E-state index is 0. The molecule has 172 valence electrons. The van der Waals surface area contributed by atoms with Crippen LogP contribution in [0.1, 0.15) is 59.1 Å². The van der Waals surface area contributed by atoms with Crippen molar-refractivity contribution in [2.24, 2.45) is 5.92 Å².